The zero-order valence-corrected chi connectivity index (χ0v) is 10.5. The zero-order valence-electron chi connectivity index (χ0n) is 9.66. The third-order valence-electron chi connectivity index (χ3n) is 2.47. The summed E-state index contributed by atoms with van der Waals surface area (Å²) in [5.41, 5.74) is 0.700. The molecule has 0 radical (unpaired) electrons. The lowest BCUT2D eigenvalue weighted by Gasteiger charge is -2.06. The molecule has 0 heterocycles. The summed E-state index contributed by atoms with van der Waals surface area (Å²) >= 11 is 1.19. The number of rotatable bonds is 3. The Morgan fingerprint density at radius 3 is 2.44 bits per heavy atom. The van der Waals surface area contributed by atoms with Crippen LogP contribution in [0, 0.1) is 17.0 Å². The number of aryl methyl sites for hydroxylation is 1. The highest BCUT2D eigenvalue weighted by Gasteiger charge is 2.18. The van der Waals surface area contributed by atoms with Gasteiger partial charge in [-0.05, 0) is 25.1 Å². The summed E-state index contributed by atoms with van der Waals surface area (Å²) in [6.07, 6.45) is 0. The van der Waals surface area contributed by atoms with Gasteiger partial charge in [-0.15, -0.1) is 0 Å². The van der Waals surface area contributed by atoms with Gasteiger partial charge in [-0.3, -0.25) is 10.1 Å². The molecule has 0 saturated heterocycles. The van der Waals surface area contributed by atoms with Crippen LogP contribution in [0.4, 0.5) is 5.69 Å². The molecule has 1 N–H and O–H groups in total. The van der Waals surface area contributed by atoms with Gasteiger partial charge < -0.3 is 5.11 Å². The molecular formula is C13H11NO3S. The van der Waals surface area contributed by atoms with Crippen LogP contribution in [0.2, 0.25) is 0 Å². The second-order valence-electron chi connectivity index (χ2n) is 3.75. The highest BCUT2D eigenvalue weighted by molar-refractivity contribution is 7.99. The molecule has 2 rings (SSSR count). The number of para-hydroxylation sites is 2. The monoisotopic (exact) mass is 261 g/mol. The van der Waals surface area contributed by atoms with E-state index < -0.39 is 4.92 Å². The standard InChI is InChI=1S/C13H11NO3S/c1-9-5-4-8-12(13(9)14(16)17)18-11-7-3-2-6-10(11)15/h2-8,15H,1H3. The first-order valence-corrected chi connectivity index (χ1v) is 6.11. The lowest BCUT2D eigenvalue weighted by atomic mass is 10.2. The van der Waals surface area contributed by atoms with E-state index in [4.69, 9.17) is 0 Å². The Morgan fingerprint density at radius 1 is 1.11 bits per heavy atom. The van der Waals surface area contributed by atoms with Crippen molar-refractivity contribution in [3.63, 3.8) is 0 Å². The quantitative estimate of drug-likeness (QED) is 0.675. The Kier molecular flexibility index (Phi) is 3.53. The van der Waals surface area contributed by atoms with Crippen LogP contribution in [-0.2, 0) is 0 Å². The molecule has 0 aliphatic rings. The van der Waals surface area contributed by atoms with Crippen LogP contribution >= 0.6 is 11.8 Å². The normalized spacial score (nSPS) is 10.3. The van der Waals surface area contributed by atoms with Crippen molar-refractivity contribution in [3.8, 4) is 5.75 Å². The highest BCUT2D eigenvalue weighted by atomic mass is 32.2. The first-order valence-electron chi connectivity index (χ1n) is 5.29. The summed E-state index contributed by atoms with van der Waals surface area (Å²) in [4.78, 5) is 11.8. The maximum Gasteiger partial charge on any atom is 0.286 e. The molecule has 0 bridgehead atoms. The van der Waals surface area contributed by atoms with E-state index in [0.717, 1.165) is 0 Å². The summed E-state index contributed by atoms with van der Waals surface area (Å²) in [5.74, 6) is 0.123. The van der Waals surface area contributed by atoms with Gasteiger partial charge in [0.1, 0.15) is 5.75 Å². The van der Waals surface area contributed by atoms with Gasteiger partial charge in [0.15, 0.2) is 0 Å². The van der Waals surface area contributed by atoms with E-state index >= 15 is 0 Å². The molecule has 92 valence electrons. The van der Waals surface area contributed by atoms with Crippen molar-refractivity contribution >= 4 is 17.4 Å². The van der Waals surface area contributed by atoms with Crippen molar-refractivity contribution in [2.75, 3.05) is 0 Å². The Morgan fingerprint density at radius 2 is 1.78 bits per heavy atom. The SMILES string of the molecule is Cc1cccc(Sc2ccccc2O)c1[N+](=O)[O-]. The average molecular weight is 261 g/mol. The Labute approximate surface area is 108 Å². The van der Waals surface area contributed by atoms with Crippen LogP contribution in [0.5, 0.6) is 5.75 Å². The fourth-order valence-electron chi connectivity index (χ4n) is 1.61. The molecule has 0 aromatic heterocycles. The average Bonchev–Trinajstić information content (AvgIpc) is 2.31. The number of benzene rings is 2. The molecular weight excluding hydrogens is 250 g/mol. The summed E-state index contributed by atoms with van der Waals surface area (Å²) < 4.78 is 0. The summed E-state index contributed by atoms with van der Waals surface area (Å²) in [6, 6.07) is 11.9. The largest absolute Gasteiger partial charge is 0.507 e. The van der Waals surface area contributed by atoms with Crippen LogP contribution in [0.3, 0.4) is 0 Å². The summed E-state index contributed by atoms with van der Waals surface area (Å²) in [5, 5.41) is 20.7. The number of nitrogens with zero attached hydrogens (tertiary/aromatic N) is 1. The fourth-order valence-corrected chi connectivity index (χ4v) is 2.65. The number of phenolic OH excluding ortho intramolecular Hbond substituents is 1. The minimum Gasteiger partial charge on any atom is -0.507 e. The number of nitro groups is 1. The van der Waals surface area contributed by atoms with Crippen molar-refractivity contribution in [1.29, 1.82) is 0 Å². The van der Waals surface area contributed by atoms with E-state index in [9.17, 15) is 15.2 Å². The van der Waals surface area contributed by atoms with Crippen molar-refractivity contribution in [2.24, 2.45) is 0 Å². The third-order valence-corrected chi connectivity index (χ3v) is 3.58. The van der Waals surface area contributed by atoms with Crippen LogP contribution in [0.1, 0.15) is 5.56 Å². The van der Waals surface area contributed by atoms with Gasteiger partial charge in [0, 0.05) is 5.56 Å². The number of phenols is 1. The molecule has 0 spiro atoms. The fraction of sp³-hybridized carbons (Fsp3) is 0.0769. The Hall–Kier alpha value is -2.01. The molecule has 0 amide bonds. The second kappa shape index (κ2) is 5.10. The van der Waals surface area contributed by atoms with Crippen LogP contribution in [0.25, 0.3) is 0 Å². The minimum absolute atomic E-state index is 0.0887. The van der Waals surface area contributed by atoms with Gasteiger partial charge in [0.2, 0.25) is 0 Å². The maximum atomic E-state index is 11.0. The lowest BCUT2D eigenvalue weighted by molar-refractivity contribution is -0.388. The Bertz CT molecular complexity index is 599. The van der Waals surface area contributed by atoms with Gasteiger partial charge in [-0.1, -0.05) is 36.0 Å². The molecule has 2 aromatic rings. The van der Waals surface area contributed by atoms with Crippen molar-refractivity contribution in [3.05, 3.63) is 58.1 Å². The molecule has 5 heteroatoms. The molecule has 18 heavy (non-hydrogen) atoms. The molecule has 0 aliphatic carbocycles. The molecule has 0 unspecified atom stereocenters. The van der Waals surface area contributed by atoms with Crippen molar-refractivity contribution in [2.45, 2.75) is 16.7 Å². The van der Waals surface area contributed by atoms with E-state index in [0.29, 0.717) is 15.4 Å². The first kappa shape index (κ1) is 12.4. The van der Waals surface area contributed by atoms with Crippen LogP contribution < -0.4 is 0 Å². The number of nitro benzene ring substituents is 1. The minimum atomic E-state index is -0.391. The smallest absolute Gasteiger partial charge is 0.286 e. The van der Waals surface area contributed by atoms with E-state index in [1.54, 1.807) is 49.4 Å². The van der Waals surface area contributed by atoms with E-state index in [1.165, 1.54) is 11.8 Å². The number of hydrogen-bond acceptors (Lipinski definition) is 4. The lowest BCUT2D eigenvalue weighted by Crippen LogP contribution is -1.93. The topological polar surface area (TPSA) is 63.4 Å². The maximum absolute atomic E-state index is 11.0. The van der Waals surface area contributed by atoms with E-state index in [1.807, 2.05) is 0 Å². The van der Waals surface area contributed by atoms with E-state index in [-0.39, 0.29) is 11.4 Å². The van der Waals surface area contributed by atoms with Gasteiger partial charge in [0.05, 0.1) is 14.7 Å². The van der Waals surface area contributed by atoms with Crippen molar-refractivity contribution < 1.29 is 10.0 Å². The number of aromatic hydroxyl groups is 1. The molecule has 4 nitrogen and oxygen atoms in total. The predicted octanol–water partition coefficient (Wildman–Crippen LogP) is 3.76. The van der Waals surface area contributed by atoms with Gasteiger partial charge in [-0.2, -0.15) is 0 Å². The Balaban J connectivity index is 2.44. The first-order chi connectivity index (χ1) is 8.59. The van der Waals surface area contributed by atoms with Gasteiger partial charge in [-0.25, -0.2) is 0 Å². The molecule has 0 aliphatic heterocycles. The molecule has 0 atom stereocenters. The number of hydrogen-bond donors (Lipinski definition) is 1. The van der Waals surface area contributed by atoms with Gasteiger partial charge >= 0.3 is 0 Å². The predicted molar refractivity (Wildman–Crippen MR) is 70.1 cm³/mol. The zero-order chi connectivity index (χ0) is 13.1. The molecule has 0 saturated carbocycles. The second-order valence-corrected chi connectivity index (χ2v) is 4.83. The summed E-state index contributed by atoms with van der Waals surface area (Å²) in [6.45, 7) is 1.70. The van der Waals surface area contributed by atoms with Crippen LogP contribution in [0.15, 0.2) is 52.3 Å². The van der Waals surface area contributed by atoms with Gasteiger partial charge in [0.25, 0.3) is 5.69 Å². The molecule has 0 fully saturated rings. The van der Waals surface area contributed by atoms with Crippen molar-refractivity contribution in [1.82, 2.24) is 0 Å². The van der Waals surface area contributed by atoms with E-state index in [2.05, 4.69) is 0 Å². The molecule has 2 aromatic carbocycles. The highest BCUT2D eigenvalue weighted by Crippen LogP contribution is 2.39. The third kappa shape index (κ3) is 2.46. The summed E-state index contributed by atoms with van der Waals surface area (Å²) in [7, 11) is 0. The van der Waals surface area contributed by atoms with Crippen LogP contribution in [-0.4, -0.2) is 10.0 Å².